The number of phenolic OH excluding ortho intramolecular Hbond substituents is 1. The molecule has 1 amide bonds. The summed E-state index contributed by atoms with van der Waals surface area (Å²) in [7, 11) is -2.60. The predicted octanol–water partition coefficient (Wildman–Crippen LogP) is 4.05. The second kappa shape index (κ2) is 11.3. The summed E-state index contributed by atoms with van der Waals surface area (Å²) in [6.07, 6.45) is 1.34. The molecule has 8 nitrogen and oxygen atoms in total. The molecule has 0 heterocycles. The van der Waals surface area contributed by atoms with E-state index in [1.807, 2.05) is 0 Å². The molecule has 0 radical (unpaired) electrons. The number of carbonyl (C=O) groups is 1. The van der Waals surface area contributed by atoms with E-state index in [1.165, 1.54) is 37.6 Å². The number of methoxy groups -OCH3 is 1. The molecule has 0 saturated heterocycles. The van der Waals surface area contributed by atoms with Crippen molar-refractivity contribution in [2.75, 3.05) is 13.7 Å². The monoisotopic (exact) mass is 521 g/mol. The molecule has 2 N–H and O–H groups in total. The lowest BCUT2D eigenvalue weighted by atomic mass is 10.2. The van der Waals surface area contributed by atoms with Crippen LogP contribution in [0.3, 0.4) is 0 Å². The molecule has 3 aromatic rings. The first-order chi connectivity index (χ1) is 16.2. The van der Waals surface area contributed by atoms with E-state index in [2.05, 4.69) is 10.5 Å². The third-order valence-electron chi connectivity index (χ3n) is 4.65. The molecule has 0 aromatic heterocycles. The van der Waals surface area contributed by atoms with Crippen LogP contribution in [-0.4, -0.2) is 43.6 Å². The zero-order valence-electron chi connectivity index (χ0n) is 18.0. The van der Waals surface area contributed by atoms with Crippen molar-refractivity contribution in [3.8, 4) is 11.5 Å². The molecule has 11 heteroatoms. The maximum Gasteiger partial charge on any atom is 0.255 e. The fourth-order valence-corrected chi connectivity index (χ4v) is 4.68. The quantitative estimate of drug-likeness (QED) is 0.326. The summed E-state index contributed by atoms with van der Waals surface area (Å²) in [6, 6.07) is 17.1. The Hall–Kier alpha value is -3.11. The van der Waals surface area contributed by atoms with Crippen LogP contribution in [0.1, 0.15) is 11.1 Å². The van der Waals surface area contributed by atoms with Crippen molar-refractivity contribution in [2.45, 2.75) is 11.4 Å². The van der Waals surface area contributed by atoms with Crippen molar-refractivity contribution in [1.82, 2.24) is 9.73 Å². The highest BCUT2D eigenvalue weighted by Gasteiger charge is 2.27. The molecule has 0 aliphatic carbocycles. The minimum atomic E-state index is -4.01. The second-order valence-electron chi connectivity index (χ2n) is 7.06. The third kappa shape index (κ3) is 6.48. The smallest absolute Gasteiger partial charge is 0.255 e. The number of rotatable bonds is 9. The van der Waals surface area contributed by atoms with E-state index >= 15 is 0 Å². The van der Waals surface area contributed by atoms with Crippen molar-refractivity contribution < 1.29 is 23.1 Å². The Bertz CT molecular complexity index is 1300. The normalized spacial score (nSPS) is 11.6. The summed E-state index contributed by atoms with van der Waals surface area (Å²) in [5.74, 6) is -0.439. The number of hydrogen-bond acceptors (Lipinski definition) is 6. The van der Waals surface area contributed by atoms with Gasteiger partial charge in [0.1, 0.15) is 0 Å². The average molecular weight is 522 g/mol. The summed E-state index contributed by atoms with van der Waals surface area (Å²) >= 11 is 12.0. The summed E-state index contributed by atoms with van der Waals surface area (Å²) in [5, 5.41) is 14.1. The fourth-order valence-electron chi connectivity index (χ4n) is 2.96. The van der Waals surface area contributed by atoms with Gasteiger partial charge in [-0.2, -0.15) is 9.41 Å². The van der Waals surface area contributed by atoms with Gasteiger partial charge in [0.2, 0.25) is 10.0 Å². The molecule has 3 rings (SSSR count). The first-order valence-corrected chi connectivity index (χ1v) is 12.1. The van der Waals surface area contributed by atoms with Gasteiger partial charge in [0.15, 0.2) is 11.5 Å². The molecular formula is C23H21Cl2N3O5S. The van der Waals surface area contributed by atoms with Crippen LogP contribution in [0.2, 0.25) is 10.0 Å². The van der Waals surface area contributed by atoms with Crippen LogP contribution in [-0.2, 0) is 21.4 Å². The van der Waals surface area contributed by atoms with Gasteiger partial charge in [-0.05, 0) is 53.6 Å². The highest BCUT2D eigenvalue weighted by Crippen LogP contribution is 2.26. The number of benzene rings is 3. The maximum absolute atomic E-state index is 13.2. The maximum atomic E-state index is 13.2. The molecule has 178 valence electrons. The van der Waals surface area contributed by atoms with Gasteiger partial charge < -0.3 is 9.84 Å². The Kier molecular flexibility index (Phi) is 8.51. The number of sulfonamides is 1. The first-order valence-electron chi connectivity index (χ1n) is 9.88. The van der Waals surface area contributed by atoms with Crippen LogP contribution < -0.4 is 10.2 Å². The third-order valence-corrected chi connectivity index (χ3v) is 7.20. The largest absolute Gasteiger partial charge is 0.504 e. The molecule has 0 aliphatic heterocycles. The number of hydrogen-bond donors (Lipinski definition) is 2. The van der Waals surface area contributed by atoms with Crippen LogP contribution >= 0.6 is 23.2 Å². The van der Waals surface area contributed by atoms with E-state index in [1.54, 1.807) is 42.5 Å². The molecule has 0 unspecified atom stereocenters. The minimum Gasteiger partial charge on any atom is -0.504 e. The standard InChI is InChI=1S/C23H21Cl2N3O5S/c1-33-22-12-16(8-10-21(22)29)13-26-27-23(30)15-28(14-17-7-9-19(24)20(25)11-17)34(31,32)18-5-3-2-4-6-18/h2-13,29H,14-15H2,1H3,(H,27,30)/b26-13-. The summed E-state index contributed by atoms with van der Waals surface area (Å²) in [4.78, 5) is 12.6. The number of aromatic hydroxyl groups is 1. The second-order valence-corrected chi connectivity index (χ2v) is 9.81. The predicted molar refractivity (Wildman–Crippen MR) is 131 cm³/mol. The molecular weight excluding hydrogens is 501 g/mol. The molecule has 0 fully saturated rings. The molecule has 0 spiro atoms. The molecule has 34 heavy (non-hydrogen) atoms. The Morgan fingerprint density at radius 2 is 1.82 bits per heavy atom. The lowest BCUT2D eigenvalue weighted by Gasteiger charge is -2.21. The van der Waals surface area contributed by atoms with Crippen LogP contribution in [0.15, 0.2) is 76.7 Å². The Morgan fingerprint density at radius 1 is 1.09 bits per heavy atom. The molecule has 0 bridgehead atoms. The minimum absolute atomic E-state index is 0.0345. The van der Waals surface area contributed by atoms with Crippen molar-refractivity contribution in [1.29, 1.82) is 0 Å². The van der Waals surface area contributed by atoms with Crippen molar-refractivity contribution in [3.05, 3.63) is 87.9 Å². The number of amides is 1. The fraction of sp³-hybridized carbons (Fsp3) is 0.130. The van der Waals surface area contributed by atoms with Gasteiger partial charge >= 0.3 is 0 Å². The molecule has 0 saturated carbocycles. The zero-order chi connectivity index (χ0) is 24.7. The molecule has 0 atom stereocenters. The van der Waals surface area contributed by atoms with Crippen molar-refractivity contribution in [2.24, 2.45) is 5.10 Å². The number of nitrogens with one attached hydrogen (secondary N) is 1. The van der Waals surface area contributed by atoms with Gasteiger partial charge in [-0.15, -0.1) is 0 Å². The van der Waals surface area contributed by atoms with E-state index < -0.39 is 22.5 Å². The van der Waals surface area contributed by atoms with Crippen molar-refractivity contribution in [3.63, 3.8) is 0 Å². The van der Waals surface area contributed by atoms with Crippen LogP contribution in [0.5, 0.6) is 11.5 Å². The van der Waals surface area contributed by atoms with Gasteiger partial charge in [-0.1, -0.05) is 47.5 Å². The van der Waals surface area contributed by atoms with Gasteiger partial charge in [0.25, 0.3) is 5.91 Å². The van der Waals surface area contributed by atoms with Crippen LogP contribution in [0, 0.1) is 0 Å². The Balaban J connectivity index is 1.79. The highest BCUT2D eigenvalue weighted by molar-refractivity contribution is 7.89. The average Bonchev–Trinajstić information content (AvgIpc) is 2.82. The van der Waals surface area contributed by atoms with Gasteiger partial charge in [0, 0.05) is 6.54 Å². The van der Waals surface area contributed by atoms with Crippen molar-refractivity contribution >= 4 is 45.3 Å². The molecule has 0 aliphatic rings. The van der Waals surface area contributed by atoms with Crippen LogP contribution in [0.25, 0.3) is 0 Å². The summed E-state index contributed by atoms with van der Waals surface area (Å²) in [5.41, 5.74) is 3.43. The zero-order valence-corrected chi connectivity index (χ0v) is 20.3. The lowest BCUT2D eigenvalue weighted by molar-refractivity contribution is -0.121. The van der Waals surface area contributed by atoms with E-state index in [0.29, 0.717) is 16.1 Å². The number of halogens is 2. The lowest BCUT2D eigenvalue weighted by Crippen LogP contribution is -2.39. The first kappa shape index (κ1) is 25.5. The Labute approximate surface area is 207 Å². The molecule has 3 aromatic carbocycles. The van der Waals surface area contributed by atoms with Crippen LogP contribution in [0.4, 0.5) is 0 Å². The van der Waals surface area contributed by atoms with Gasteiger partial charge in [-0.3, -0.25) is 4.79 Å². The summed E-state index contributed by atoms with van der Waals surface area (Å²) in [6.45, 7) is -0.603. The number of ether oxygens (including phenoxy) is 1. The summed E-state index contributed by atoms with van der Waals surface area (Å²) < 4.78 is 32.5. The Morgan fingerprint density at radius 3 is 2.50 bits per heavy atom. The van der Waals surface area contributed by atoms with Gasteiger partial charge in [-0.25, -0.2) is 13.8 Å². The van der Waals surface area contributed by atoms with E-state index in [4.69, 9.17) is 27.9 Å². The number of hydrazone groups is 1. The van der Waals surface area contributed by atoms with Gasteiger partial charge in [0.05, 0.1) is 34.8 Å². The number of phenols is 1. The highest BCUT2D eigenvalue weighted by atomic mass is 35.5. The van der Waals surface area contributed by atoms with E-state index in [0.717, 1.165) is 4.31 Å². The van der Waals surface area contributed by atoms with E-state index in [9.17, 15) is 18.3 Å². The van der Waals surface area contributed by atoms with E-state index in [-0.39, 0.29) is 28.0 Å². The SMILES string of the molecule is COc1cc(/C=N\NC(=O)CN(Cc2ccc(Cl)c(Cl)c2)S(=O)(=O)c2ccccc2)ccc1O. The topological polar surface area (TPSA) is 108 Å². The number of carbonyl (C=O) groups excluding carboxylic acids is 1. The number of nitrogens with zero attached hydrogens (tertiary/aromatic N) is 2.